The van der Waals surface area contributed by atoms with Crippen LogP contribution >= 0.6 is 15.9 Å². The monoisotopic (exact) mass is 582 g/mol. The molecule has 204 valence electrons. The van der Waals surface area contributed by atoms with E-state index < -0.39 is 35.1 Å². The van der Waals surface area contributed by atoms with Crippen LogP contribution in [-0.4, -0.2) is 62.8 Å². The molecule has 2 aliphatic rings. The molecule has 0 bridgehead atoms. The van der Waals surface area contributed by atoms with E-state index in [0.717, 1.165) is 6.08 Å². The Kier molecular flexibility index (Phi) is 14.3. The summed E-state index contributed by atoms with van der Waals surface area (Å²) in [6.45, 7) is 13.9. The summed E-state index contributed by atoms with van der Waals surface area (Å²) in [6, 6.07) is 0. The van der Waals surface area contributed by atoms with Gasteiger partial charge >= 0.3 is 23.9 Å². The number of halogens is 1. The number of nitrogens with zero attached hydrogens (tertiary/aromatic N) is 2. The summed E-state index contributed by atoms with van der Waals surface area (Å²) in [7, 11) is 0. The second-order valence-corrected chi connectivity index (χ2v) is 9.97. The molecule has 0 radical (unpaired) electrons. The Morgan fingerprint density at radius 1 is 0.865 bits per heavy atom. The van der Waals surface area contributed by atoms with Gasteiger partial charge in [-0.25, -0.2) is 29.2 Å². The number of rotatable bonds is 7. The number of allylic oxidation sites excluding steroid dienone is 6. The van der Waals surface area contributed by atoms with Gasteiger partial charge in [0, 0.05) is 12.2 Å². The summed E-state index contributed by atoms with van der Waals surface area (Å²) in [5.41, 5.74) is -1.60. The molecule has 0 saturated carbocycles. The van der Waals surface area contributed by atoms with Gasteiger partial charge < -0.3 is 19.3 Å². The first kappa shape index (κ1) is 33.7. The zero-order valence-corrected chi connectivity index (χ0v) is 23.9. The van der Waals surface area contributed by atoms with E-state index in [1.54, 1.807) is 65.0 Å². The minimum atomic E-state index is -0.914. The Bertz CT molecular complexity index is 1020. The van der Waals surface area contributed by atoms with E-state index in [9.17, 15) is 19.2 Å². The Balaban J connectivity index is 0.000000580. The number of carboxylic acids is 1. The standard InChI is InChI=1S/C13H17NO4.C7H10BrNO2.C6H8O2/c1-5-6-7-8-10(15)17-9(2)11-14-13(3,4)12(16)18-11;1-4(8)5-9-7(2,3)6(10)11-5;1-2-3-4-5-6(7)8/h5-9H,1-4H3;4H,1-3H3;2-5H,1H3,(H,7,8)/b6-5+,8-7+;;3-2+,5-4+. The Labute approximate surface area is 226 Å². The van der Waals surface area contributed by atoms with Crippen LogP contribution in [0.3, 0.4) is 0 Å². The molecule has 0 saturated heterocycles. The summed E-state index contributed by atoms with van der Waals surface area (Å²) in [4.78, 5) is 51.8. The van der Waals surface area contributed by atoms with E-state index in [0.29, 0.717) is 5.90 Å². The molecule has 2 heterocycles. The van der Waals surface area contributed by atoms with Crippen molar-refractivity contribution in [2.24, 2.45) is 9.98 Å². The maximum atomic E-state index is 11.4. The quantitative estimate of drug-likeness (QED) is 0.152. The fourth-order valence-electron chi connectivity index (χ4n) is 2.23. The number of carbonyl (C=O) groups excluding carboxylic acids is 3. The highest BCUT2D eigenvalue weighted by atomic mass is 79.9. The van der Waals surface area contributed by atoms with Crippen LogP contribution < -0.4 is 0 Å². The number of aliphatic carboxylic acids is 1. The lowest BCUT2D eigenvalue weighted by Gasteiger charge is -2.09. The van der Waals surface area contributed by atoms with E-state index in [2.05, 4.69) is 25.9 Å². The topological polar surface area (TPSA) is 141 Å². The van der Waals surface area contributed by atoms with Gasteiger partial charge in [0.2, 0.25) is 11.8 Å². The van der Waals surface area contributed by atoms with E-state index in [1.165, 1.54) is 12.2 Å². The molecule has 10 nitrogen and oxygen atoms in total. The number of carbonyl (C=O) groups is 4. The third-order valence-electron chi connectivity index (χ3n) is 4.23. The van der Waals surface area contributed by atoms with E-state index >= 15 is 0 Å². The number of ether oxygens (including phenoxy) is 3. The molecule has 2 atom stereocenters. The number of hydrogen-bond acceptors (Lipinski definition) is 9. The first-order valence-corrected chi connectivity index (χ1v) is 12.3. The summed E-state index contributed by atoms with van der Waals surface area (Å²) in [6.07, 6.45) is 11.7. The van der Waals surface area contributed by atoms with Crippen LogP contribution in [0.25, 0.3) is 0 Å². The van der Waals surface area contributed by atoms with E-state index in [4.69, 9.17) is 19.3 Å². The molecule has 2 aliphatic heterocycles. The second kappa shape index (κ2) is 15.7. The maximum absolute atomic E-state index is 11.4. The average molecular weight is 583 g/mol. The van der Waals surface area contributed by atoms with Crippen LogP contribution in [0.15, 0.2) is 58.6 Å². The second-order valence-electron chi connectivity index (χ2n) is 8.60. The van der Waals surface area contributed by atoms with Crippen molar-refractivity contribution in [3.05, 3.63) is 48.6 Å². The summed E-state index contributed by atoms with van der Waals surface area (Å²) >= 11 is 3.27. The van der Waals surface area contributed by atoms with Gasteiger partial charge in [-0.3, -0.25) is 0 Å². The molecule has 0 aliphatic carbocycles. The van der Waals surface area contributed by atoms with Crippen molar-refractivity contribution in [1.29, 1.82) is 0 Å². The van der Waals surface area contributed by atoms with Gasteiger partial charge in [-0.1, -0.05) is 52.4 Å². The van der Waals surface area contributed by atoms with Gasteiger partial charge in [0.05, 0.1) is 4.83 Å². The number of alkyl halides is 1. The predicted octanol–water partition coefficient (Wildman–Crippen LogP) is 4.49. The zero-order chi connectivity index (χ0) is 28.8. The Morgan fingerprint density at radius 3 is 1.62 bits per heavy atom. The Morgan fingerprint density at radius 2 is 1.30 bits per heavy atom. The summed E-state index contributed by atoms with van der Waals surface area (Å²) in [5, 5.41) is 8.02. The van der Waals surface area contributed by atoms with Gasteiger partial charge in [0.1, 0.15) is 0 Å². The number of cyclic esters (lactones) is 2. The molecule has 0 fully saturated rings. The normalized spacial score (nSPS) is 19.4. The van der Waals surface area contributed by atoms with E-state index in [-0.39, 0.29) is 16.7 Å². The molecule has 11 heteroatoms. The van der Waals surface area contributed by atoms with Crippen LogP contribution in [-0.2, 0) is 33.4 Å². The lowest BCUT2D eigenvalue weighted by atomic mass is 10.1. The third kappa shape index (κ3) is 13.0. The van der Waals surface area contributed by atoms with Crippen molar-refractivity contribution in [3.8, 4) is 0 Å². The van der Waals surface area contributed by atoms with Crippen molar-refractivity contribution < 1.29 is 38.5 Å². The molecule has 0 spiro atoms. The third-order valence-corrected chi connectivity index (χ3v) is 4.62. The molecule has 37 heavy (non-hydrogen) atoms. The molecule has 1 N–H and O–H groups in total. The smallest absolute Gasteiger partial charge is 0.340 e. The van der Waals surface area contributed by atoms with Crippen molar-refractivity contribution in [3.63, 3.8) is 0 Å². The Hall–Kier alpha value is -3.34. The minimum absolute atomic E-state index is 0.00762. The molecule has 0 aromatic heterocycles. The highest BCUT2D eigenvalue weighted by molar-refractivity contribution is 9.10. The molecule has 0 amide bonds. The van der Waals surface area contributed by atoms with Gasteiger partial charge in [-0.2, -0.15) is 0 Å². The van der Waals surface area contributed by atoms with Gasteiger partial charge in [-0.05, 0) is 55.4 Å². The first-order valence-electron chi connectivity index (χ1n) is 11.4. The van der Waals surface area contributed by atoms with Crippen LogP contribution in [0, 0.1) is 0 Å². The summed E-state index contributed by atoms with van der Waals surface area (Å²) < 4.78 is 14.9. The van der Waals surface area contributed by atoms with Gasteiger partial charge in [-0.15, -0.1) is 0 Å². The van der Waals surface area contributed by atoms with Crippen LogP contribution in [0.4, 0.5) is 0 Å². The highest BCUT2D eigenvalue weighted by Crippen LogP contribution is 2.22. The average Bonchev–Trinajstić information content (AvgIpc) is 3.22. The highest BCUT2D eigenvalue weighted by Gasteiger charge is 2.39. The van der Waals surface area contributed by atoms with Crippen molar-refractivity contribution in [2.75, 3.05) is 0 Å². The van der Waals surface area contributed by atoms with Gasteiger partial charge in [0.15, 0.2) is 17.2 Å². The fourth-order valence-corrected chi connectivity index (χ4v) is 2.43. The number of hydrogen-bond donors (Lipinski definition) is 1. The van der Waals surface area contributed by atoms with Crippen molar-refractivity contribution in [1.82, 2.24) is 0 Å². The predicted molar refractivity (Wildman–Crippen MR) is 145 cm³/mol. The molecule has 2 rings (SSSR count). The lowest BCUT2D eigenvalue weighted by molar-refractivity contribution is -0.143. The van der Waals surface area contributed by atoms with Gasteiger partial charge in [0.25, 0.3) is 0 Å². The van der Waals surface area contributed by atoms with Crippen molar-refractivity contribution >= 4 is 51.6 Å². The maximum Gasteiger partial charge on any atom is 0.340 e. The SMILES string of the molecule is C/C=C/C=C/C(=O)O.C/C=C/C=C/C(=O)OC(C)C1=NC(C)(C)C(=O)O1.CC(Br)C1=NC(C)(C)C(=O)O1. The van der Waals surface area contributed by atoms with Crippen LogP contribution in [0.5, 0.6) is 0 Å². The lowest BCUT2D eigenvalue weighted by Crippen LogP contribution is -2.26. The van der Waals surface area contributed by atoms with E-state index in [1.807, 2.05) is 20.8 Å². The molecular formula is C26H35BrN2O8. The summed E-state index contributed by atoms with van der Waals surface area (Å²) in [5.74, 6) is -1.53. The molecule has 2 unspecified atom stereocenters. The van der Waals surface area contributed by atoms with Crippen LogP contribution in [0.2, 0.25) is 0 Å². The number of carboxylic acid groups (broad SMARTS) is 1. The molecular weight excluding hydrogens is 548 g/mol. The number of aliphatic imine (C=N–C) groups is 2. The molecule has 0 aromatic carbocycles. The largest absolute Gasteiger partial charge is 0.478 e. The minimum Gasteiger partial charge on any atom is -0.478 e. The zero-order valence-electron chi connectivity index (χ0n) is 22.4. The van der Waals surface area contributed by atoms with Crippen molar-refractivity contribution in [2.45, 2.75) is 77.4 Å². The fraction of sp³-hybridized carbons (Fsp3) is 0.462. The van der Waals surface area contributed by atoms with Crippen LogP contribution in [0.1, 0.15) is 55.4 Å². The molecule has 0 aromatic rings. The first-order chi connectivity index (χ1) is 17.1. The number of esters is 3.